The Morgan fingerprint density at radius 2 is 1.27 bits per heavy atom. The second-order valence-electron chi connectivity index (χ2n) is 1.72. The molecule has 0 radical (unpaired) electrons. The summed E-state index contributed by atoms with van der Waals surface area (Å²) < 4.78 is 21.6. The van der Waals surface area contributed by atoms with E-state index in [1.165, 1.54) is 0 Å². The lowest BCUT2D eigenvalue weighted by molar-refractivity contribution is 0.596. The van der Waals surface area contributed by atoms with Crippen LogP contribution in [0.15, 0.2) is 0 Å². The second-order valence-corrected chi connectivity index (χ2v) is 8.75. The van der Waals surface area contributed by atoms with Crippen molar-refractivity contribution in [1.82, 2.24) is 0 Å². The van der Waals surface area contributed by atoms with Crippen LogP contribution in [0.2, 0.25) is 0 Å². The van der Waals surface area contributed by atoms with Crippen LogP contribution in [0.25, 0.3) is 0 Å². The molecule has 2 atom stereocenters. The number of alkyl halides is 4. The van der Waals surface area contributed by atoms with Gasteiger partial charge in [0.25, 0.3) is 0 Å². The van der Waals surface area contributed by atoms with Crippen LogP contribution in [0.4, 0.5) is 0 Å². The molecule has 0 aromatic carbocycles. The molecule has 0 N–H and O–H groups in total. The summed E-state index contributed by atoms with van der Waals surface area (Å²) in [5.41, 5.74) is 0. The average molecular weight is 438 g/mol. The van der Waals surface area contributed by atoms with Gasteiger partial charge in [0.2, 0.25) is 0 Å². The van der Waals surface area contributed by atoms with Gasteiger partial charge >= 0.3 is 0 Å². The maximum atomic E-state index is 11.3. The Labute approximate surface area is 99.9 Å². The van der Waals surface area contributed by atoms with E-state index in [0.29, 0.717) is 10.7 Å². The van der Waals surface area contributed by atoms with E-state index in [1.54, 1.807) is 0 Å². The van der Waals surface area contributed by atoms with Gasteiger partial charge in [-0.1, -0.05) is 63.7 Å². The van der Waals surface area contributed by atoms with Crippen LogP contribution in [-0.2, 0) is 9.84 Å². The Morgan fingerprint density at radius 1 is 1.00 bits per heavy atom. The molecule has 0 fully saturated rings. The summed E-state index contributed by atoms with van der Waals surface area (Å²) in [6.45, 7) is 0. The number of sulfone groups is 1. The molecule has 0 amide bonds. The molecule has 0 saturated carbocycles. The first-order valence-electron chi connectivity index (χ1n) is 2.59. The fourth-order valence-electron chi connectivity index (χ4n) is 0.336. The van der Waals surface area contributed by atoms with Gasteiger partial charge in [-0.25, -0.2) is 8.42 Å². The zero-order chi connectivity index (χ0) is 9.07. The lowest BCUT2D eigenvalue weighted by atomic mass is 10.9. The largest absolute Gasteiger partial charge is 0.226 e. The third-order valence-corrected chi connectivity index (χ3v) is 10.4. The van der Waals surface area contributed by atoms with Crippen molar-refractivity contribution in [3.05, 3.63) is 0 Å². The van der Waals surface area contributed by atoms with E-state index in [-0.39, 0.29) is 0 Å². The number of hydrogen-bond donors (Lipinski definition) is 0. The fraction of sp³-hybridized carbons (Fsp3) is 1.00. The predicted molar refractivity (Wildman–Crippen MR) is 61.9 cm³/mol. The number of halogens is 4. The molecule has 0 aromatic rings. The molecule has 11 heavy (non-hydrogen) atoms. The Hall–Kier alpha value is 1.87. The predicted octanol–water partition coefficient (Wildman–Crippen LogP) is 2.63. The van der Waals surface area contributed by atoms with Crippen molar-refractivity contribution in [2.75, 3.05) is 10.7 Å². The zero-order valence-electron chi connectivity index (χ0n) is 5.31. The highest BCUT2D eigenvalue weighted by molar-refractivity contribution is 9.15. The lowest BCUT2D eigenvalue weighted by Crippen LogP contribution is -2.26. The second kappa shape index (κ2) is 5.57. The molecule has 0 bridgehead atoms. The summed E-state index contributed by atoms with van der Waals surface area (Å²) >= 11 is 12.3. The van der Waals surface area contributed by atoms with Crippen LogP contribution >= 0.6 is 63.7 Å². The van der Waals surface area contributed by atoms with E-state index in [9.17, 15) is 8.42 Å². The Kier molecular flexibility index (Phi) is 6.52. The molecule has 0 heterocycles. The maximum Gasteiger partial charge on any atom is 0.177 e. The van der Waals surface area contributed by atoms with Crippen molar-refractivity contribution in [2.45, 2.75) is 8.32 Å². The Morgan fingerprint density at radius 3 is 1.45 bits per heavy atom. The van der Waals surface area contributed by atoms with Gasteiger partial charge in [0.1, 0.15) is 8.32 Å². The molecule has 7 heteroatoms. The molecule has 2 nitrogen and oxygen atoms in total. The number of rotatable bonds is 4. The molecule has 0 rings (SSSR count). The normalized spacial score (nSPS) is 17.8. The Bertz CT molecular complexity index is 186. The summed E-state index contributed by atoms with van der Waals surface area (Å²) in [6.07, 6.45) is 0. The van der Waals surface area contributed by atoms with Gasteiger partial charge < -0.3 is 0 Å². The van der Waals surface area contributed by atoms with Crippen LogP contribution in [0, 0.1) is 0 Å². The van der Waals surface area contributed by atoms with Crippen LogP contribution in [-0.4, -0.2) is 27.4 Å². The van der Waals surface area contributed by atoms with Crippen molar-refractivity contribution in [2.24, 2.45) is 0 Å². The first-order valence-corrected chi connectivity index (χ1v) is 8.28. The minimum atomic E-state index is -3.10. The molecular weight excluding hydrogens is 432 g/mol. The molecular formula is C4H6Br4O2S. The third-order valence-electron chi connectivity index (χ3n) is 0.956. The Balaban J connectivity index is 4.46. The van der Waals surface area contributed by atoms with E-state index in [2.05, 4.69) is 63.7 Å². The smallest absolute Gasteiger partial charge is 0.177 e. The monoisotopic (exact) mass is 434 g/mol. The zero-order valence-corrected chi connectivity index (χ0v) is 12.5. The summed E-state index contributed by atoms with van der Waals surface area (Å²) in [6, 6.07) is 0. The van der Waals surface area contributed by atoms with Gasteiger partial charge in [0.15, 0.2) is 9.84 Å². The van der Waals surface area contributed by atoms with E-state index in [1.807, 2.05) is 0 Å². The molecule has 0 aliphatic rings. The van der Waals surface area contributed by atoms with E-state index in [4.69, 9.17) is 0 Å². The SMILES string of the molecule is O=S(=O)([C@H](Br)CBr)[C@H](Br)CBr. The third kappa shape index (κ3) is 3.62. The van der Waals surface area contributed by atoms with E-state index < -0.39 is 18.2 Å². The van der Waals surface area contributed by atoms with Crippen molar-refractivity contribution in [3.63, 3.8) is 0 Å². The first kappa shape index (κ1) is 12.9. The van der Waals surface area contributed by atoms with Gasteiger partial charge in [-0.15, -0.1) is 0 Å². The van der Waals surface area contributed by atoms with E-state index in [0.717, 1.165) is 0 Å². The van der Waals surface area contributed by atoms with Gasteiger partial charge in [-0.05, 0) is 0 Å². The van der Waals surface area contributed by atoms with Crippen LogP contribution in [0.1, 0.15) is 0 Å². The summed E-state index contributed by atoms with van der Waals surface area (Å²) in [5.74, 6) is 0. The van der Waals surface area contributed by atoms with Gasteiger partial charge in [-0.2, -0.15) is 0 Å². The number of hydrogen-bond acceptors (Lipinski definition) is 2. The molecule has 0 saturated heterocycles. The highest BCUT2D eigenvalue weighted by Gasteiger charge is 2.28. The molecule has 0 aromatic heterocycles. The van der Waals surface area contributed by atoms with Crippen molar-refractivity contribution < 1.29 is 8.42 Å². The highest BCUT2D eigenvalue weighted by atomic mass is 79.9. The highest BCUT2D eigenvalue weighted by Crippen LogP contribution is 2.22. The van der Waals surface area contributed by atoms with Crippen molar-refractivity contribution in [3.8, 4) is 0 Å². The molecule has 0 spiro atoms. The van der Waals surface area contributed by atoms with Gasteiger partial charge in [-0.3, -0.25) is 0 Å². The molecule has 0 unspecified atom stereocenters. The van der Waals surface area contributed by atoms with E-state index >= 15 is 0 Å². The summed E-state index contributed by atoms with van der Waals surface area (Å²) in [4.78, 5) is 0. The van der Waals surface area contributed by atoms with Crippen molar-refractivity contribution >= 4 is 73.6 Å². The summed E-state index contributed by atoms with van der Waals surface area (Å²) in [7, 11) is -3.10. The molecule has 68 valence electrons. The minimum Gasteiger partial charge on any atom is -0.226 e. The maximum absolute atomic E-state index is 11.3. The minimum absolute atomic E-state index is 0.393. The first-order chi connectivity index (χ1) is 4.96. The standard InChI is InChI=1S/C4H6Br4O2S/c5-1-3(7)11(9,10)4(8)2-6/h3-4H,1-2H2/t3-,4-/m0/s1. The lowest BCUT2D eigenvalue weighted by Gasteiger charge is -2.11. The molecule has 0 aliphatic heterocycles. The average Bonchev–Trinajstić information content (AvgIpc) is 2.01. The topological polar surface area (TPSA) is 34.1 Å². The van der Waals surface area contributed by atoms with Crippen molar-refractivity contribution in [1.29, 1.82) is 0 Å². The van der Waals surface area contributed by atoms with Crippen LogP contribution in [0.3, 0.4) is 0 Å². The van der Waals surface area contributed by atoms with Gasteiger partial charge in [0.05, 0.1) is 0 Å². The van der Waals surface area contributed by atoms with Gasteiger partial charge in [0, 0.05) is 10.7 Å². The molecule has 0 aliphatic carbocycles. The van der Waals surface area contributed by atoms with Crippen LogP contribution < -0.4 is 0 Å². The summed E-state index contributed by atoms with van der Waals surface area (Å²) in [5, 5.41) is 0.787. The fourth-order valence-corrected chi connectivity index (χ4v) is 5.65. The quantitative estimate of drug-likeness (QED) is 0.634. The van der Waals surface area contributed by atoms with Crippen LogP contribution in [0.5, 0.6) is 0 Å².